The molecule has 110 valence electrons. The van der Waals surface area contributed by atoms with Gasteiger partial charge in [0.2, 0.25) is 0 Å². The molecule has 1 aliphatic rings. The third kappa shape index (κ3) is 3.29. The van der Waals surface area contributed by atoms with Crippen LogP contribution in [0.25, 0.3) is 0 Å². The van der Waals surface area contributed by atoms with Gasteiger partial charge < -0.3 is 5.32 Å². The van der Waals surface area contributed by atoms with Gasteiger partial charge in [-0.2, -0.15) is 0 Å². The fraction of sp³-hybridized carbons (Fsp3) is 0.611. The Hall–Kier alpha value is -1.15. The molecule has 1 aromatic carbocycles. The molecule has 1 N–H and O–H groups in total. The summed E-state index contributed by atoms with van der Waals surface area (Å²) < 4.78 is 0. The Balaban J connectivity index is 2.11. The van der Waals surface area contributed by atoms with Crippen molar-refractivity contribution >= 4 is 5.78 Å². The second kappa shape index (κ2) is 6.09. The van der Waals surface area contributed by atoms with Gasteiger partial charge in [0.15, 0.2) is 0 Å². The fourth-order valence-corrected chi connectivity index (χ4v) is 3.09. The monoisotopic (exact) mass is 273 g/mol. The van der Waals surface area contributed by atoms with Crippen molar-refractivity contribution in [3.8, 4) is 0 Å². The van der Waals surface area contributed by atoms with E-state index in [0.29, 0.717) is 18.1 Å². The van der Waals surface area contributed by atoms with Crippen LogP contribution in [-0.2, 0) is 11.2 Å². The summed E-state index contributed by atoms with van der Waals surface area (Å²) in [6.45, 7) is 10.5. The molecule has 1 fully saturated rings. The van der Waals surface area contributed by atoms with E-state index >= 15 is 0 Å². The molecular formula is C18H27NO. The smallest absolute Gasteiger partial charge is 0.143 e. The lowest BCUT2D eigenvalue weighted by Gasteiger charge is -2.36. The highest BCUT2D eigenvalue weighted by atomic mass is 16.1. The molecule has 0 saturated carbocycles. The molecule has 2 rings (SSSR count). The molecule has 0 aliphatic carbocycles. The van der Waals surface area contributed by atoms with Crippen LogP contribution in [0.4, 0.5) is 0 Å². The number of piperidine rings is 1. The van der Waals surface area contributed by atoms with Crippen molar-refractivity contribution in [2.75, 3.05) is 13.1 Å². The number of ketones is 1. The summed E-state index contributed by atoms with van der Waals surface area (Å²) in [5.74, 6) is 0.841. The van der Waals surface area contributed by atoms with E-state index in [2.05, 4.69) is 51.2 Å². The van der Waals surface area contributed by atoms with Gasteiger partial charge in [-0.05, 0) is 56.8 Å². The third-order valence-corrected chi connectivity index (χ3v) is 4.89. The van der Waals surface area contributed by atoms with Crippen molar-refractivity contribution in [3.05, 3.63) is 34.9 Å². The number of rotatable bonds is 4. The zero-order valence-electron chi connectivity index (χ0n) is 13.3. The van der Waals surface area contributed by atoms with Crippen LogP contribution >= 0.6 is 0 Å². The number of benzene rings is 1. The van der Waals surface area contributed by atoms with Crippen LogP contribution in [-0.4, -0.2) is 18.9 Å². The summed E-state index contributed by atoms with van der Waals surface area (Å²) in [4.78, 5) is 12.8. The van der Waals surface area contributed by atoms with Crippen LogP contribution in [0.2, 0.25) is 0 Å². The first-order chi connectivity index (χ1) is 9.41. The summed E-state index contributed by atoms with van der Waals surface area (Å²) in [7, 11) is 0. The second-order valence-electron chi connectivity index (χ2n) is 6.79. The average molecular weight is 273 g/mol. The van der Waals surface area contributed by atoms with E-state index in [0.717, 1.165) is 13.1 Å². The van der Waals surface area contributed by atoms with Crippen molar-refractivity contribution in [3.63, 3.8) is 0 Å². The first kappa shape index (κ1) is 15.2. The first-order valence-electron chi connectivity index (χ1n) is 7.71. The molecule has 0 spiro atoms. The average Bonchev–Trinajstić information content (AvgIpc) is 2.43. The van der Waals surface area contributed by atoms with E-state index < -0.39 is 0 Å². The molecule has 20 heavy (non-hydrogen) atoms. The number of hydrogen-bond acceptors (Lipinski definition) is 2. The van der Waals surface area contributed by atoms with E-state index in [-0.39, 0.29) is 5.41 Å². The molecule has 2 nitrogen and oxygen atoms in total. The lowest BCUT2D eigenvalue weighted by molar-refractivity contribution is -0.129. The van der Waals surface area contributed by atoms with Gasteiger partial charge in [-0.3, -0.25) is 4.79 Å². The maximum atomic E-state index is 12.8. The molecule has 1 heterocycles. The van der Waals surface area contributed by atoms with E-state index in [4.69, 9.17) is 0 Å². The van der Waals surface area contributed by atoms with Gasteiger partial charge in [-0.1, -0.05) is 37.6 Å². The molecule has 0 aromatic heterocycles. The number of aryl methyl sites for hydroxylation is 2. The summed E-state index contributed by atoms with van der Waals surface area (Å²) in [5.41, 5.74) is 3.41. The number of carbonyl (C=O) groups is 1. The van der Waals surface area contributed by atoms with E-state index in [1.807, 2.05) is 0 Å². The Morgan fingerprint density at radius 2 is 2.10 bits per heavy atom. The molecule has 1 aliphatic heterocycles. The molecule has 0 amide bonds. The van der Waals surface area contributed by atoms with Gasteiger partial charge in [-0.25, -0.2) is 0 Å². The summed E-state index contributed by atoms with van der Waals surface area (Å²) in [6, 6.07) is 6.38. The molecule has 1 unspecified atom stereocenters. The summed E-state index contributed by atoms with van der Waals surface area (Å²) in [6.07, 6.45) is 2.92. The fourth-order valence-electron chi connectivity index (χ4n) is 3.09. The molecule has 1 saturated heterocycles. The highest BCUT2D eigenvalue weighted by Gasteiger charge is 2.36. The lowest BCUT2D eigenvalue weighted by Crippen LogP contribution is -2.43. The van der Waals surface area contributed by atoms with Crippen molar-refractivity contribution in [2.24, 2.45) is 11.3 Å². The highest BCUT2D eigenvalue weighted by Crippen LogP contribution is 2.34. The maximum Gasteiger partial charge on any atom is 0.143 e. The quantitative estimate of drug-likeness (QED) is 0.910. The molecular weight excluding hydrogens is 246 g/mol. The van der Waals surface area contributed by atoms with E-state index in [9.17, 15) is 4.79 Å². The Morgan fingerprint density at radius 3 is 2.75 bits per heavy atom. The number of Topliss-reactive ketones (excluding diaryl/α,β-unsaturated/α-hetero) is 1. The minimum absolute atomic E-state index is 0.233. The number of carbonyl (C=O) groups excluding carboxylic acids is 1. The SMILES string of the molecule is Cc1ccc(C)c(CC(=O)C(C)(C)C2CCCNC2)c1. The number of nitrogens with one attached hydrogen (secondary N) is 1. The molecule has 1 atom stereocenters. The standard InChI is InChI=1S/C18H27NO/c1-13-7-8-14(2)15(10-13)11-17(20)18(3,4)16-6-5-9-19-12-16/h7-8,10,16,19H,5-6,9,11-12H2,1-4H3. The van der Waals surface area contributed by atoms with E-state index in [1.54, 1.807) is 0 Å². The zero-order chi connectivity index (χ0) is 14.8. The second-order valence-corrected chi connectivity index (χ2v) is 6.79. The highest BCUT2D eigenvalue weighted by molar-refractivity contribution is 5.86. The summed E-state index contributed by atoms with van der Waals surface area (Å²) in [5, 5.41) is 3.43. The van der Waals surface area contributed by atoms with Crippen LogP contribution in [0.15, 0.2) is 18.2 Å². The van der Waals surface area contributed by atoms with Crippen LogP contribution in [0.3, 0.4) is 0 Å². The van der Waals surface area contributed by atoms with Gasteiger partial charge >= 0.3 is 0 Å². The Labute approximate surface area is 123 Å². The van der Waals surface area contributed by atoms with Crippen LogP contribution < -0.4 is 5.32 Å². The van der Waals surface area contributed by atoms with Gasteiger partial charge in [0.1, 0.15) is 5.78 Å². The number of hydrogen-bond donors (Lipinski definition) is 1. The first-order valence-corrected chi connectivity index (χ1v) is 7.71. The maximum absolute atomic E-state index is 12.8. The lowest BCUT2D eigenvalue weighted by atomic mass is 9.70. The van der Waals surface area contributed by atoms with Gasteiger partial charge in [0.05, 0.1) is 0 Å². The van der Waals surface area contributed by atoms with Crippen molar-refractivity contribution in [1.29, 1.82) is 0 Å². The van der Waals surface area contributed by atoms with Gasteiger partial charge in [0.25, 0.3) is 0 Å². The van der Waals surface area contributed by atoms with Gasteiger partial charge in [0, 0.05) is 11.8 Å². The minimum Gasteiger partial charge on any atom is -0.316 e. The zero-order valence-corrected chi connectivity index (χ0v) is 13.3. The Morgan fingerprint density at radius 1 is 1.35 bits per heavy atom. The normalized spacial score (nSPS) is 19.9. The topological polar surface area (TPSA) is 29.1 Å². The third-order valence-electron chi connectivity index (χ3n) is 4.89. The summed E-state index contributed by atoms with van der Waals surface area (Å²) >= 11 is 0. The van der Waals surface area contributed by atoms with Crippen molar-refractivity contribution < 1.29 is 4.79 Å². The van der Waals surface area contributed by atoms with E-state index in [1.165, 1.54) is 29.5 Å². The largest absolute Gasteiger partial charge is 0.316 e. The molecule has 2 heteroatoms. The van der Waals surface area contributed by atoms with Gasteiger partial charge in [-0.15, -0.1) is 0 Å². The molecule has 0 bridgehead atoms. The Kier molecular flexibility index (Phi) is 4.64. The Bertz CT molecular complexity index is 484. The minimum atomic E-state index is -0.233. The predicted molar refractivity (Wildman–Crippen MR) is 84.0 cm³/mol. The van der Waals surface area contributed by atoms with Crippen molar-refractivity contribution in [2.45, 2.75) is 47.0 Å². The van der Waals surface area contributed by atoms with Crippen LogP contribution in [0, 0.1) is 25.2 Å². The van der Waals surface area contributed by atoms with Crippen LogP contribution in [0.1, 0.15) is 43.4 Å². The molecule has 0 radical (unpaired) electrons. The predicted octanol–water partition coefficient (Wildman–Crippen LogP) is 3.44. The molecule has 1 aromatic rings. The van der Waals surface area contributed by atoms with Crippen LogP contribution in [0.5, 0.6) is 0 Å². The van der Waals surface area contributed by atoms with Crippen molar-refractivity contribution in [1.82, 2.24) is 5.32 Å².